The molecule has 3 nitrogen and oxygen atoms in total. The maximum absolute atomic E-state index is 9.59. The van der Waals surface area contributed by atoms with E-state index in [0.717, 1.165) is 25.6 Å². The minimum absolute atomic E-state index is 0.312. The van der Waals surface area contributed by atoms with Crippen LogP contribution in [0.5, 0.6) is 11.5 Å². The van der Waals surface area contributed by atoms with Crippen molar-refractivity contribution in [1.82, 2.24) is 0 Å². The second-order valence-electron chi connectivity index (χ2n) is 6.09. The molecule has 3 rings (SSSR count). The molecule has 0 atom stereocenters. The smallest absolute Gasteiger partial charge is 0.175 e. The van der Waals surface area contributed by atoms with Gasteiger partial charge in [-0.1, -0.05) is 57.9 Å². The van der Waals surface area contributed by atoms with Crippen LogP contribution in [-0.4, -0.2) is 7.11 Å². The number of benzene rings is 3. The van der Waals surface area contributed by atoms with Crippen LogP contribution in [0.25, 0.3) is 11.6 Å². The summed E-state index contributed by atoms with van der Waals surface area (Å²) in [5.41, 5.74) is 3.09. The van der Waals surface area contributed by atoms with Crippen LogP contribution in [0.2, 0.25) is 5.02 Å². The minimum atomic E-state index is 0.312. The van der Waals surface area contributed by atoms with E-state index in [0.29, 0.717) is 28.7 Å². The van der Waals surface area contributed by atoms with Crippen molar-refractivity contribution in [2.75, 3.05) is 7.11 Å². The summed E-state index contributed by atoms with van der Waals surface area (Å²) in [4.78, 5) is 0. The van der Waals surface area contributed by atoms with Crippen molar-refractivity contribution < 1.29 is 9.47 Å². The van der Waals surface area contributed by atoms with Gasteiger partial charge in [-0.05, 0) is 63.5 Å². The molecule has 0 radical (unpaired) electrons. The summed E-state index contributed by atoms with van der Waals surface area (Å²) in [6, 6.07) is 21.1. The molecule has 0 heterocycles. The summed E-state index contributed by atoms with van der Waals surface area (Å²) >= 11 is 13.2. The summed E-state index contributed by atoms with van der Waals surface area (Å²) in [7, 11) is 1.58. The van der Waals surface area contributed by atoms with Crippen molar-refractivity contribution in [3.05, 3.63) is 91.3 Å². The van der Waals surface area contributed by atoms with Gasteiger partial charge in [0.25, 0.3) is 0 Å². The zero-order valence-corrected chi connectivity index (χ0v) is 19.4. The van der Waals surface area contributed by atoms with Gasteiger partial charge in [-0.25, -0.2) is 0 Å². The fourth-order valence-corrected chi connectivity index (χ4v) is 3.73. The Labute approximate surface area is 191 Å². The second-order valence-corrected chi connectivity index (χ2v) is 8.27. The quantitative estimate of drug-likeness (QED) is 0.243. The third-order valence-corrected chi connectivity index (χ3v) is 5.65. The Balaban J connectivity index is 1.90. The summed E-state index contributed by atoms with van der Waals surface area (Å²) in [6.45, 7) is 0.312. The lowest BCUT2D eigenvalue weighted by Gasteiger charge is -2.14. The Bertz CT molecular complexity index is 1090. The SMILES string of the molecule is COc1cc(C=C(C#N)c2ccc(Br)cc2)cc(Br)c1OCc1ccccc1Cl. The topological polar surface area (TPSA) is 42.2 Å². The predicted octanol–water partition coefficient (Wildman–Crippen LogP) is 7.52. The zero-order chi connectivity index (χ0) is 20.8. The van der Waals surface area contributed by atoms with Gasteiger partial charge < -0.3 is 9.47 Å². The molecule has 0 aliphatic carbocycles. The average molecular weight is 534 g/mol. The Kier molecular flexibility index (Phi) is 7.38. The van der Waals surface area contributed by atoms with Crippen molar-refractivity contribution in [2.45, 2.75) is 6.61 Å². The zero-order valence-electron chi connectivity index (χ0n) is 15.5. The first-order valence-electron chi connectivity index (χ1n) is 8.63. The van der Waals surface area contributed by atoms with E-state index in [2.05, 4.69) is 37.9 Å². The number of allylic oxidation sites excluding steroid dienone is 1. The Hall–Kier alpha value is -2.26. The molecule has 0 saturated heterocycles. The third kappa shape index (κ3) is 5.42. The molecule has 0 spiro atoms. The molecule has 0 aromatic heterocycles. The molecule has 29 heavy (non-hydrogen) atoms. The van der Waals surface area contributed by atoms with Crippen molar-refractivity contribution >= 4 is 55.1 Å². The van der Waals surface area contributed by atoms with Crippen molar-refractivity contribution in [3.8, 4) is 17.6 Å². The van der Waals surface area contributed by atoms with Gasteiger partial charge in [0, 0.05) is 15.1 Å². The second kappa shape index (κ2) is 9.98. The summed E-state index contributed by atoms with van der Waals surface area (Å²) in [5, 5.41) is 10.2. The molecule has 0 unspecified atom stereocenters. The lowest BCUT2D eigenvalue weighted by Crippen LogP contribution is -1.99. The Morgan fingerprint density at radius 3 is 2.48 bits per heavy atom. The highest BCUT2D eigenvalue weighted by atomic mass is 79.9. The molecule has 0 fully saturated rings. The summed E-state index contributed by atoms with van der Waals surface area (Å²) in [5.74, 6) is 1.14. The van der Waals surface area contributed by atoms with E-state index >= 15 is 0 Å². The number of hydrogen-bond acceptors (Lipinski definition) is 3. The van der Waals surface area contributed by atoms with Gasteiger partial charge in [0.05, 0.1) is 23.2 Å². The van der Waals surface area contributed by atoms with Gasteiger partial charge in [-0.3, -0.25) is 0 Å². The maximum Gasteiger partial charge on any atom is 0.175 e. The molecule has 0 bridgehead atoms. The summed E-state index contributed by atoms with van der Waals surface area (Å²) in [6.07, 6.45) is 1.81. The van der Waals surface area contributed by atoms with Gasteiger partial charge in [-0.15, -0.1) is 0 Å². The van der Waals surface area contributed by atoms with Crippen LogP contribution >= 0.6 is 43.5 Å². The van der Waals surface area contributed by atoms with E-state index in [1.807, 2.05) is 66.7 Å². The Morgan fingerprint density at radius 2 is 1.83 bits per heavy atom. The monoisotopic (exact) mass is 531 g/mol. The van der Waals surface area contributed by atoms with Crippen LogP contribution < -0.4 is 9.47 Å². The first kappa shape index (κ1) is 21.4. The Morgan fingerprint density at radius 1 is 1.10 bits per heavy atom. The van der Waals surface area contributed by atoms with Crippen molar-refractivity contribution in [1.29, 1.82) is 5.26 Å². The number of nitrogens with zero attached hydrogens (tertiary/aromatic N) is 1. The van der Waals surface area contributed by atoms with Gasteiger partial charge in [0.15, 0.2) is 11.5 Å². The van der Waals surface area contributed by atoms with E-state index in [4.69, 9.17) is 21.1 Å². The molecule has 0 aliphatic heterocycles. The average Bonchev–Trinajstić information content (AvgIpc) is 2.72. The molecule has 146 valence electrons. The van der Waals surface area contributed by atoms with Gasteiger partial charge in [0.1, 0.15) is 6.61 Å². The minimum Gasteiger partial charge on any atom is -0.493 e. The number of nitriles is 1. The van der Waals surface area contributed by atoms with Crippen LogP contribution in [0.1, 0.15) is 16.7 Å². The largest absolute Gasteiger partial charge is 0.493 e. The van der Waals surface area contributed by atoms with Gasteiger partial charge >= 0.3 is 0 Å². The molecule has 3 aromatic rings. The fraction of sp³-hybridized carbons (Fsp3) is 0.0870. The highest BCUT2D eigenvalue weighted by Gasteiger charge is 2.13. The maximum atomic E-state index is 9.59. The van der Waals surface area contributed by atoms with E-state index in [1.54, 1.807) is 7.11 Å². The number of methoxy groups -OCH3 is 1. The van der Waals surface area contributed by atoms with Gasteiger partial charge in [-0.2, -0.15) is 5.26 Å². The predicted molar refractivity (Wildman–Crippen MR) is 124 cm³/mol. The summed E-state index contributed by atoms with van der Waals surface area (Å²) < 4.78 is 13.2. The number of ether oxygens (including phenoxy) is 2. The number of rotatable bonds is 6. The van der Waals surface area contributed by atoms with Crippen LogP contribution in [0.4, 0.5) is 0 Å². The van der Waals surface area contributed by atoms with Crippen LogP contribution in [0.3, 0.4) is 0 Å². The highest BCUT2D eigenvalue weighted by Crippen LogP contribution is 2.38. The highest BCUT2D eigenvalue weighted by molar-refractivity contribution is 9.10. The molecular weight excluding hydrogens is 518 g/mol. The van der Waals surface area contributed by atoms with Gasteiger partial charge in [0.2, 0.25) is 0 Å². The number of hydrogen-bond donors (Lipinski definition) is 0. The van der Waals surface area contributed by atoms with Crippen molar-refractivity contribution in [3.63, 3.8) is 0 Å². The van der Waals surface area contributed by atoms with E-state index in [1.165, 1.54) is 0 Å². The van der Waals surface area contributed by atoms with Crippen LogP contribution in [0, 0.1) is 11.3 Å². The lowest BCUT2D eigenvalue weighted by atomic mass is 10.0. The number of halogens is 3. The molecule has 0 aliphatic rings. The first-order chi connectivity index (χ1) is 14.0. The fourth-order valence-electron chi connectivity index (χ4n) is 2.70. The van der Waals surface area contributed by atoms with E-state index in [9.17, 15) is 5.26 Å². The standard InChI is InChI=1S/C23H16Br2ClNO2/c1-28-22-12-15(10-18(13-27)16-6-8-19(24)9-7-16)11-20(25)23(22)29-14-17-4-2-3-5-21(17)26/h2-12H,14H2,1H3. The molecule has 0 N–H and O–H groups in total. The van der Waals surface area contributed by atoms with Crippen molar-refractivity contribution in [2.24, 2.45) is 0 Å². The lowest BCUT2D eigenvalue weighted by molar-refractivity contribution is 0.282. The molecular formula is C23H16Br2ClNO2. The molecule has 0 amide bonds. The van der Waals surface area contributed by atoms with Crippen LogP contribution in [0.15, 0.2) is 69.6 Å². The molecule has 3 aromatic carbocycles. The third-order valence-electron chi connectivity index (χ3n) is 4.17. The van der Waals surface area contributed by atoms with E-state index in [-0.39, 0.29) is 0 Å². The molecule has 6 heteroatoms. The molecule has 0 saturated carbocycles. The normalized spacial score (nSPS) is 11.1. The first-order valence-corrected chi connectivity index (χ1v) is 10.6. The van der Waals surface area contributed by atoms with E-state index < -0.39 is 0 Å². The van der Waals surface area contributed by atoms with Crippen LogP contribution in [-0.2, 0) is 6.61 Å².